The predicted molar refractivity (Wildman–Crippen MR) is 263 cm³/mol. The molecular formula is C51H57F10N11O8. The Kier molecular flexibility index (Phi) is 18.3. The fourth-order valence-corrected chi connectivity index (χ4v) is 9.26. The van der Waals surface area contributed by atoms with Crippen molar-refractivity contribution in [2.45, 2.75) is 108 Å². The number of ether oxygens (including phenoxy) is 3. The van der Waals surface area contributed by atoms with Crippen LogP contribution in [-0.4, -0.2) is 161 Å². The SMILES string of the molecule is COC(=O)N[C@H](C(=O)N[C@@H](Cc1ccc(C#Cc2cnc(N3C[C@H]4C[C@@H]3CN4C3COC3)nc2)cc1)[C@@H](O)CN(Cc1c(F)cc(-c2ccn(C(F)F)n2)cc1F)NC(=O)[C@@H](NC(=O)OC)C(C)(C)C(F)(F)F)C(C)(C)C(F)(F)F. The fourth-order valence-electron chi connectivity index (χ4n) is 9.26. The molecule has 80 heavy (non-hydrogen) atoms. The number of hydrogen-bond donors (Lipinski definition) is 5. The average molecular weight is 1140 g/mol. The first-order chi connectivity index (χ1) is 37.5. The number of amides is 4. The van der Waals surface area contributed by atoms with Gasteiger partial charge in [0.05, 0.1) is 67.7 Å². The molecule has 2 aromatic heterocycles. The van der Waals surface area contributed by atoms with Crippen LogP contribution in [0.25, 0.3) is 11.3 Å². The van der Waals surface area contributed by atoms with E-state index in [2.05, 4.69) is 51.5 Å². The molecule has 4 amide bonds. The van der Waals surface area contributed by atoms with Crippen LogP contribution in [0.15, 0.2) is 61.1 Å². The molecule has 3 fully saturated rings. The molecule has 6 atom stereocenters. The highest BCUT2D eigenvalue weighted by molar-refractivity contribution is 5.87. The monoisotopic (exact) mass is 1140 g/mol. The second-order valence-electron chi connectivity index (χ2n) is 20.5. The Morgan fingerprint density at radius 1 is 0.787 bits per heavy atom. The maximum atomic E-state index is 16.0. The van der Waals surface area contributed by atoms with E-state index in [1.54, 1.807) is 17.7 Å². The molecule has 29 heteroatoms. The molecule has 2 aromatic carbocycles. The third-order valence-electron chi connectivity index (χ3n) is 14.4. The number of aromatic nitrogens is 4. The maximum Gasteiger partial charge on any atom is 0.407 e. The molecule has 2 bridgehead atoms. The molecule has 5 N–H and O–H groups in total. The van der Waals surface area contributed by atoms with Crippen LogP contribution in [0.1, 0.15) is 62.9 Å². The Hall–Kier alpha value is -7.29. The smallest absolute Gasteiger partial charge is 0.407 e. The van der Waals surface area contributed by atoms with Crippen LogP contribution in [0.4, 0.5) is 59.4 Å². The van der Waals surface area contributed by atoms with Crippen LogP contribution >= 0.6 is 0 Å². The number of likely N-dealkylation sites (tertiary alicyclic amines) is 1. The van der Waals surface area contributed by atoms with E-state index in [4.69, 9.17) is 4.74 Å². The highest BCUT2D eigenvalue weighted by Gasteiger charge is 2.57. The Morgan fingerprint density at radius 2 is 1.35 bits per heavy atom. The lowest BCUT2D eigenvalue weighted by Crippen LogP contribution is -2.63. The van der Waals surface area contributed by atoms with Gasteiger partial charge >= 0.3 is 31.1 Å². The molecule has 0 aliphatic carbocycles. The van der Waals surface area contributed by atoms with Gasteiger partial charge in [0.25, 0.3) is 5.91 Å². The number of halogens is 10. The molecule has 5 heterocycles. The zero-order chi connectivity index (χ0) is 58.6. The third kappa shape index (κ3) is 13.6. The minimum absolute atomic E-state index is 0.196. The predicted octanol–water partition coefficient (Wildman–Crippen LogP) is 5.62. The van der Waals surface area contributed by atoms with Gasteiger partial charge in [-0.05, 0) is 76.4 Å². The summed E-state index contributed by atoms with van der Waals surface area (Å²) in [5, 5.41) is 22.0. The van der Waals surface area contributed by atoms with Crippen molar-refractivity contribution < 1.29 is 82.4 Å². The number of aliphatic hydroxyl groups is 1. The van der Waals surface area contributed by atoms with Gasteiger partial charge in [-0.1, -0.05) is 24.0 Å². The molecule has 0 spiro atoms. The van der Waals surface area contributed by atoms with Gasteiger partial charge in [0.2, 0.25) is 11.9 Å². The number of anilines is 1. The lowest BCUT2D eigenvalue weighted by molar-refractivity contribution is -0.221. The molecule has 3 aliphatic rings. The zero-order valence-electron chi connectivity index (χ0n) is 43.8. The van der Waals surface area contributed by atoms with E-state index in [-0.39, 0.29) is 27.5 Å². The minimum atomic E-state index is -5.23. The number of alkyl carbamates (subject to hydrolysis) is 2. The van der Waals surface area contributed by atoms with Crippen LogP contribution in [0.3, 0.4) is 0 Å². The number of carbonyl (C=O) groups is 4. The van der Waals surface area contributed by atoms with Gasteiger partial charge in [-0.2, -0.15) is 40.2 Å². The number of nitrogens with one attached hydrogen (secondary N) is 4. The summed E-state index contributed by atoms with van der Waals surface area (Å²) < 4.78 is 160. The van der Waals surface area contributed by atoms with Crippen LogP contribution in [-0.2, 0) is 36.8 Å². The second-order valence-corrected chi connectivity index (χ2v) is 20.5. The van der Waals surface area contributed by atoms with Gasteiger partial charge < -0.3 is 40.2 Å². The average Bonchev–Trinajstić information content (AvgIpc) is 4.17. The molecular weight excluding hydrogens is 1080 g/mol. The summed E-state index contributed by atoms with van der Waals surface area (Å²) in [6.45, 7) is -0.0291. The summed E-state index contributed by atoms with van der Waals surface area (Å²) in [5.41, 5.74) is -4.59. The second kappa shape index (κ2) is 24.2. The van der Waals surface area contributed by atoms with Crippen LogP contribution < -0.4 is 26.3 Å². The van der Waals surface area contributed by atoms with E-state index in [1.807, 2.05) is 10.7 Å². The number of aliphatic hydroxyl groups excluding tert-OH is 1. The first-order valence-corrected chi connectivity index (χ1v) is 24.7. The van der Waals surface area contributed by atoms with Gasteiger partial charge in [0.15, 0.2) is 0 Å². The van der Waals surface area contributed by atoms with Gasteiger partial charge in [0, 0.05) is 73.5 Å². The number of alkyl halides is 8. The highest BCUT2D eigenvalue weighted by Crippen LogP contribution is 2.42. The van der Waals surface area contributed by atoms with E-state index in [0.29, 0.717) is 74.0 Å². The van der Waals surface area contributed by atoms with Crippen molar-refractivity contribution >= 4 is 29.9 Å². The molecule has 3 saturated heterocycles. The van der Waals surface area contributed by atoms with Gasteiger partial charge in [-0.3, -0.25) is 19.9 Å². The summed E-state index contributed by atoms with van der Waals surface area (Å²) in [5.74, 6) is 0.405. The quantitative estimate of drug-likeness (QED) is 0.0438. The topological polar surface area (TPSA) is 218 Å². The fraction of sp³-hybridized carbons (Fsp3) is 0.510. The molecule has 0 unspecified atom stereocenters. The molecule has 0 radical (unpaired) electrons. The zero-order valence-corrected chi connectivity index (χ0v) is 43.8. The van der Waals surface area contributed by atoms with Crippen molar-refractivity contribution in [3.63, 3.8) is 0 Å². The van der Waals surface area contributed by atoms with Crippen molar-refractivity contribution in [2.24, 2.45) is 10.8 Å². The summed E-state index contributed by atoms with van der Waals surface area (Å²) in [4.78, 5) is 66.5. The molecule has 434 valence electrons. The van der Waals surface area contributed by atoms with Gasteiger partial charge in [-0.25, -0.2) is 38.0 Å². The van der Waals surface area contributed by atoms with E-state index in [0.717, 1.165) is 59.2 Å². The largest absolute Gasteiger partial charge is 0.453 e. The summed E-state index contributed by atoms with van der Waals surface area (Å²) in [6, 6.07) is 2.60. The number of methoxy groups -OCH3 is 2. The molecule has 3 aliphatic heterocycles. The van der Waals surface area contributed by atoms with Crippen molar-refractivity contribution in [1.29, 1.82) is 0 Å². The third-order valence-corrected chi connectivity index (χ3v) is 14.4. The van der Waals surface area contributed by atoms with Gasteiger partial charge in [-0.15, -0.1) is 0 Å². The Balaban J connectivity index is 1.18. The van der Waals surface area contributed by atoms with Crippen LogP contribution in [0.5, 0.6) is 0 Å². The van der Waals surface area contributed by atoms with E-state index in [9.17, 15) is 59.4 Å². The highest BCUT2D eigenvalue weighted by atomic mass is 19.4. The van der Waals surface area contributed by atoms with Crippen molar-refractivity contribution in [3.8, 4) is 23.1 Å². The normalized spacial score (nSPS) is 18.4. The first-order valence-electron chi connectivity index (χ1n) is 24.7. The van der Waals surface area contributed by atoms with Crippen molar-refractivity contribution in [2.75, 3.05) is 52.0 Å². The molecule has 0 saturated carbocycles. The van der Waals surface area contributed by atoms with E-state index >= 15 is 8.78 Å². The lowest BCUT2D eigenvalue weighted by atomic mass is 9.82. The number of fused-ring (bicyclic) bond motifs is 2. The maximum absolute atomic E-state index is 16.0. The molecule has 7 rings (SSSR count). The Morgan fingerprint density at radius 3 is 1.84 bits per heavy atom. The summed E-state index contributed by atoms with van der Waals surface area (Å²) in [7, 11) is 1.60. The lowest BCUT2D eigenvalue weighted by Gasteiger charge is -2.42. The van der Waals surface area contributed by atoms with Crippen LogP contribution in [0.2, 0.25) is 0 Å². The summed E-state index contributed by atoms with van der Waals surface area (Å²) >= 11 is 0. The Bertz CT molecular complexity index is 2910. The minimum Gasteiger partial charge on any atom is -0.453 e. The molecule has 4 aromatic rings. The number of hydrogen-bond acceptors (Lipinski definition) is 14. The molecule has 19 nitrogen and oxygen atoms in total. The number of hydrazine groups is 1. The first kappa shape index (κ1) is 60.4. The number of piperazine rings is 1. The summed E-state index contributed by atoms with van der Waals surface area (Å²) in [6.07, 6.45) is -11.1. The standard InChI is InChI=1S/C51H57F10N11O8/c1-48(2,50(56,57)58)40(65-46(76)78-5)42(74)64-38(15-28-10-7-27(8-11-28)9-12-29-19-62-45(63-20-29)71-22-31-18-32(71)21-70(31)33-25-80-26-33)39(73)24-69(68-43(75)41(66-47(77)79-6)49(3,4)51(59,60)61)23-34-35(52)16-30(17-36(34)53)37-13-14-72(67-37)44(54)55/h7-8,10-11,13-14,16-17,19-20,31-33,38-41,44,73H,15,18,21-26H2,1-6H3,(H,64,74)(H,65,76)(H,66,77)(H,68,75)/t31-,32-,38+,39+,40-,41-/m1/s1. The van der Waals surface area contributed by atoms with E-state index < -0.39 is 115 Å². The van der Waals surface area contributed by atoms with Gasteiger partial charge in [0.1, 0.15) is 23.7 Å². The van der Waals surface area contributed by atoms with E-state index in [1.165, 1.54) is 24.3 Å². The Labute approximate surface area is 451 Å². The number of benzene rings is 2. The van der Waals surface area contributed by atoms with Crippen LogP contribution in [0, 0.1) is 34.3 Å². The number of nitrogens with zero attached hydrogens (tertiary/aromatic N) is 7. The number of rotatable bonds is 19. The van der Waals surface area contributed by atoms with Crippen molar-refractivity contribution in [1.82, 2.24) is 51.0 Å². The number of carbonyl (C=O) groups excluding carboxylic acids is 4. The van der Waals surface area contributed by atoms with Crippen molar-refractivity contribution in [3.05, 3.63) is 94.9 Å².